The lowest BCUT2D eigenvalue weighted by Gasteiger charge is -2.29. The maximum Gasteiger partial charge on any atom is 0.339 e. The molecule has 2 aliphatic rings. The normalized spacial score (nSPS) is 17.4. The van der Waals surface area contributed by atoms with Crippen molar-refractivity contribution in [3.63, 3.8) is 0 Å². The molecule has 4 rings (SSSR count). The van der Waals surface area contributed by atoms with Crippen molar-refractivity contribution in [2.45, 2.75) is 39.2 Å². The van der Waals surface area contributed by atoms with Crippen LogP contribution in [0, 0.1) is 0 Å². The maximum absolute atomic E-state index is 13.1. The van der Waals surface area contributed by atoms with Crippen LogP contribution in [-0.2, 0) is 22.5 Å². The number of piperidine rings is 1. The van der Waals surface area contributed by atoms with Crippen molar-refractivity contribution in [3.8, 4) is 0 Å². The minimum atomic E-state index is -0.418. The second-order valence-electron chi connectivity index (χ2n) is 7.57. The van der Waals surface area contributed by atoms with E-state index in [9.17, 15) is 9.59 Å². The fraction of sp³-hybridized carbons (Fsp3) is 0.500. The molecule has 1 aromatic carbocycles. The molecule has 0 radical (unpaired) electrons. The summed E-state index contributed by atoms with van der Waals surface area (Å²) in [7, 11) is 0. The Bertz CT molecular complexity index is 890. The maximum atomic E-state index is 13.1. The zero-order valence-electron chi connectivity index (χ0n) is 16.4. The molecule has 0 bridgehead atoms. The predicted octanol–water partition coefficient (Wildman–Crippen LogP) is 2.78. The van der Waals surface area contributed by atoms with Crippen LogP contribution in [0.4, 0.5) is 0 Å². The summed E-state index contributed by atoms with van der Waals surface area (Å²) in [5.74, 6) is -0.520. The lowest BCUT2D eigenvalue weighted by atomic mass is 9.96. The highest BCUT2D eigenvalue weighted by Crippen LogP contribution is 2.28. The van der Waals surface area contributed by atoms with E-state index >= 15 is 0 Å². The fourth-order valence-corrected chi connectivity index (χ4v) is 4.18. The fourth-order valence-electron chi connectivity index (χ4n) is 4.18. The smallest absolute Gasteiger partial charge is 0.339 e. The standard InChI is InChI=1S/C22H27N3O3/c1-2-24-13-10-19-17(14-24)21(16-8-4-5-9-18(16)23-19)22(27)28-15-20(26)25-11-6-3-7-12-25/h4-5,8-9H,2-3,6-7,10-15H2,1H3. The molecule has 0 unspecified atom stereocenters. The molecule has 1 saturated heterocycles. The Balaban J connectivity index is 1.61. The summed E-state index contributed by atoms with van der Waals surface area (Å²) in [6.45, 7) is 6.00. The summed E-state index contributed by atoms with van der Waals surface area (Å²) in [6, 6.07) is 7.68. The van der Waals surface area contributed by atoms with Crippen LogP contribution in [0.2, 0.25) is 0 Å². The van der Waals surface area contributed by atoms with Crippen LogP contribution in [0.25, 0.3) is 10.9 Å². The van der Waals surface area contributed by atoms with Gasteiger partial charge in [0, 0.05) is 49.2 Å². The van der Waals surface area contributed by atoms with E-state index in [1.54, 1.807) is 4.90 Å². The number of carbonyl (C=O) groups excluding carboxylic acids is 2. The third-order valence-electron chi connectivity index (χ3n) is 5.81. The first-order valence-corrected chi connectivity index (χ1v) is 10.2. The van der Waals surface area contributed by atoms with Crippen molar-refractivity contribution in [1.82, 2.24) is 14.8 Å². The molecule has 0 aliphatic carbocycles. The molecule has 6 heteroatoms. The molecular formula is C22H27N3O3. The number of fused-ring (bicyclic) bond motifs is 2. The average molecular weight is 381 g/mol. The molecule has 1 amide bonds. The minimum absolute atomic E-state index is 0.101. The zero-order chi connectivity index (χ0) is 19.5. The molecule has 2 aromatic rings. The highest BCUT2D eigenvalue weighted by atomic mass is 16.5. The van der Waals surface area contributed by atoms with Crippen LogP contribution in [0.15, 0.2) is 24.3 Å². The van der Waals surface area contributed by atoms with E-state index < -0.39 is 5.97 Å². The summed E-state index contributed by atoms with van der Waals surface area (Å²) >= 11 is 0. The Morgan fingerprint density at radius 1 is 1.11 bits per heavy atom. The number of hydrogen-bond donors (Lipinski definition) is 0. The van der Waals surface area contributed by atoms with Crippen LogP contribution in [-0.4, -0.2) is 59.4 Å². The molecule has 1 fully saturated rings. The number of aromatic nitrogens is 1. The van der Waals surface area contributed by atoms with Crippen LogP contribution in [0.3, 0.4) is 0 Å². The molecule has 2 aliphatic heterocycles. The summed E-state index contributed by atoms with van der Waals surface area (Å²) < 4.78 is 5.51. The van der Waals surface area contributed by atoms with Gasteiger partial charge in [-0.1, -0.05) is 25.1 Å². The third kappa shape index (κ3) is 3.74. The molecule has 148 valence electrons. The molecule has 0 saturated carbocycles. The second kappa shape index (κ2) is 8.27. The van der Waals surface area contributed by atoms with Crippen molar-refractivity contribution in [2.24, 2.45) is 0 Å². The first kappa shape index (κ1) is 18.9. The van der Waals surface area contributed by atoms with E-state index in [0.29, 0.717) is 12.1 Å². The van der Waals surface area contributed by atoms with Gasteiger partial charge in [0.2, 0.25) is 0 Å². The Labute approximate surface area is 165 Å². The summed E-state index contributed by atoms with van der Waals surface area (Å²) in [4.78, 5) is 34.4. The van der Waals surface area contributed by atoms with E-state index in [0.717, 1.165) is 74.0 Å². The van der Waals surface area contributed by atoms with Gasteiger partial charge >= 0.3 is 5.97 Å². The topological polar surface area (TPSA) is 62.7 Å². The van der Waals surface area contributed by atoms with Crippen molar-refractivity contribution in [3.05, 3.63) is 41.1 Å². The van der Waals surface area contributed by atoms with Crippen molar-refractivity contribution in [1.29, 1.82) is 0 Å². The van der Waals surface area contributed by atoms with Crippen molar-refractivity contribution in [2.75, 3.05) is 32.8 Å². The van der Waals surface area contributed by atoms with Gasteiger partial charge in [0.15, 0.2) is 6.61 Å². The number of carbonyl (C=O) groups is 2. The van der Waals surface area contributed by atoms with Gasteiger partial charge in [-0.3, -0.25) is 14.7 Å². The molecule has 0 atom stereocenters. The molecule has 0 N–H and O–H groups in total. The third-order valence-corrected chi connectivity index (χ3v) is 5.81. The molecule has 1 aromatic heterocycles. The van der Waals surface area contributed by atoms with E-state index in [-0.39, 0.29) is 12.5 Å². The lowest BCUT2D eigenvalue weighted by Crippen LogP contribution is -2.38. The van der Waals surface area contributed by atoms with Gasteiger partial charge in [0.1, 0.15) is 0 Å². The first-order valence-electron chi connectivity index (χ1n) is 10.2. The minimum Gasteiger partial charge on any atom is -0.452 e. The van der Waals surface area contributed by atoms with Crippen LogP contribution in [0.5, 0.6) is 0 Å². The van der Waals surface area contributed by atoms with Gasteiger partial charge in [-0.15, -0.1) is 0 Å². The highest BCUT2D eigenvalue weighted by molar-refractivity contribution is 6.05. The Morgan fingerprint density at radius 2 is 1.89 bits per heavy atom. The zero-order valence-corrected chi connectivity index (χ0v) is 16.4. The van der Waals surface area contributed by atoms with Crippen molar-refractivity contribution < 1.29 is 14.3 Å². The number of pyridine rings is 1. The van der Waals surface area contributed by atoms with Crippen LogP contribution in [0.1, 0.15) is 47.8 Å². The molecule has 3 heterocycles. The number of benzene rings is 1. The quantitative estimate of drug-likeness (QED) is 0.762. The number of likely N-dealkylation sites (N-methyl/N-ethyl adjacent to an activating group) is 1. The Morgan fingerprint density at radius 3 is 2.68 bits per heavy atom. The summed E-state index contributed by atoms with van der Waals surface area (Å²) in [5.41, 5.74) is 3.30. The van der Waals surface area contributed by atoms with Gasteiger partial charge in [0.25, 0.3) is 5.91 Å². The molecule has 0 spiro atoms. The Kier molecular flexibility index (Phi) is 5.57. The predicted molar refractivity (Wildman–Crippen MR) is 107 cm³/mol. The van der Waals surface area contributed by atoms with Crippen LogP contribution < -0.4 is 0 Å². The number of rotatable bonds is 4. The number of likely N-dealkylation sites (tertiary alicyclic amines) is 1. The molecular weight excluding hydrogens is 354 g/mol. The highest BCUT2D eigenvalue weighted by Gasteiger charge is 2.27. The van der Waals surface area contributed by atoms with E-state index in [1.807, 2.05) is 24.3 Å². The van der Waals surface area contributed by atoms with Gasteiger partial charge in [-0.05, 0) is 31.9 Å². The van der Waals surface area contributed by atoms with Gasteiger partial charge < -0.3 is 9.64 Å². The first-order chi connectivity index (χ1) is 13.7. The van der Waals surface area contributed by atoms with Crippen LogP contribution >= 0.6 is 0 Å². The van der Waals surface area contributed by atoms with Gasteiger partial charge in [0.05, 0.1) is 11.1 Å². The molecule has 28 heavy (non-hydrogen) atoms. The SMILES string of the molecule is CCN1CCc2nc3ccccc3c(C(=O)OCC(=O)N3CCCCC3)c2C1. The number of para-hydroxylation sites is 1. The van der Waals surface area contributed by atoms with E-state index in [1.165, 1.54) is 0 Å². The van der Waals surface area contributed by atoms with Gasteiger partial charge in [-0.25, -0.2) is 4.79 Å². The number of nitrogens with zero attached hydrogens (tertiary/aromatic N) is 3. The van der Waals surface area contributed by atoms with E-state index in [2.05, 4.69) is 11.8 Å². The monoisotopic (exact) mass is 381 g/mol. The summed E-state index contributed by atoms with van der Waals surface area (Å²) in [5, 5.41) is 0.801. The second-order valence-corrected chi connectivity index (χ2v) is 7.57. The van der Waals surface area contributed by atoms with Crippen molar-refractivity contribution >= 4 is 22.8 Å². The molecule has 6 nitrogen and oxygen atoms in total. The largest absolute Gasteiger partial charge is 0.452 e. The lowest BCUT2D eigenvalue weighted by molar-refractivity contribution is -0.135. The average Bonchev–Trinajstić information content (AvgIpc) is 2.75. The Hall–Kier alpha value is -2.47. The number of amides is 1. The van der Waals surface area contributed by atoms with Gasteiger partial charge in [-0.2, -0.15) is 0 Å². The van der Waals surface area contributed by atoms with E-state index in [4.69, 9.17) is 9.72 Å². The summed E-state index contributed by atoms with van der Waals surface area (Å²) in [6.07, 6.45) is 4.03. The number of hydrogen-bond acceptors (Lipinski definition) is 5. The number of ether oxygens (including phenoxy) is 1. The number of esters is 1.